The highest BCUT2D eigenvalue weighted by Gasteiger charge is 2.30. The maximum Gasteiger partial charge on any atom is 0.416 e. The summed E-state index contributed by atoms with van der Waals surface area (Å²) >= 11 is 0. The fourth-order valence-electron chi connectivity index (χ4n) is 3.60. The number of benzene rings is 2. The highest BCUT2D eigenvalue weighted by atomic mass is 19.4. The number of rotatable bonds is 5. The molecule has 0 amide bonds. The van der Waals surface area contributed by atoms with Crippen molar-refractivity contribution in [3.8, 4) is 11.3 Å². The summed E-state index contributed by atoms with van der Waals surface area (Å²) in [5, 5.41) is 17.5. The molecule has 0 bridgehead atoms. The van der Waals surface area contributed by atoms with Crippen LogP contribution < -0.4 is 0 Å². The van der Waals surface area contributed by atoms with Gasteiger partial charge in [-0.2, -0.15) is 18.3 Å². The monoisotopic (exact) mass is 439 g/mol. The van der Waals surface area contributed by atoms with Gasteiger partial charge in [-0.3, -0.25) is 9.89 Å². The number of ketones is 1. The van der Waals surface area contributed by atoms with Gasteiger partial charge in [-0.15, -0.1) is 0 Å². The molecule has 0 aliphatic rings. The van der Waals surface area contributed by atoms with E-state index in [1.54, 1.807) is 13.0 Å². The van der Waals surface area contributed by atoms with Gasteiger partial charge in [-0.1, -0.05) is 24.3 Å². The molecule has 0 fully saturated rings. The number of alkyl halides is 3. The van der Waals surface area contributed by atoms with Gasteiger partial charge in [0.2, 0.25) is 0 Å². The minimum atomic E-state index is -4.50. The van der Waals surface area contributed by atoms with Gasteiger partial charge in [0.1, 0.15) is 0 Å². The minimum Gasteiger partial charge on any atom is -0.387 e. The summed E-state index contributed by atoms with van der Waals surface area (Å²) in [5.41, 5.74) is 3.25. The van der Waals surface area contributed by atoms with Crippen molar-refractivity contribution in [2.45, 2.75) is 32.5 Å². The fourth-order valence-corrected chi connectivity index (χ4v) is 3.60. The number of Topliss-reactive ketones (excluding diaryl/α,β-unsaturated/α-hetero) is 1. The van der Waals surface area contributed by atoms with Crippen LogP contribution in [0.2, 0.25) is 0 Å². The largest absolute Gasteiger partial charge is 0.416 e. The summed E-state index contributed by atoms with van der Waals surface area (Å²) in [6.07, 6.45) is -5.25. The van der Waals surface area contributed by atoms with Gasteiger partial charge in [0.15, 0.2) is 11.4 Å². The van der Waals surface area contributed by atoms with Crippen molar-refractivity contribution in [3.63, 3.8) is 0 Å². The Hall–Kier alpha value is -3.52. The van der Waals surface area contributed by atoms with Crippen LogP contribution in [-0.4, -0.2) is 26.1 Å². The summed E-state index contributed by atoms with van der Waals surface area (Å²) in [4.78, 5) is 17.2. The number of aromatic amines is 1. The molecular formula is C24H20F3N3O2. The summed E-state index contributed by atoms with van der Waals surface area (Å²) in [7, 11) is 0. The van der Waals surface area contributed by atoms with Gasteiger partial charge in [-0.25, -0.2) is 4.98 Å². The SMILES string of the molecule is Cc1ccc(CC(=O)c2cccc(C(F)(F)F)c2)cc1-c1ccc2c([C@@H](C)O)[nH]nc2n1. The molecule has 0 unspecified atom stereocenters. The Labute approximate surface area is 181 Å². The molecule has 32 heavy (non-hydrogen) atoms. The van der Waals surface area contributed by atoms with E-state index in [0.29, 0.717) is 22.6 Å². The number of carbonyl (C=O) groups is 1. The molecule has 4 aromatic rings. The molecule has 2 heterocycles. The first-order chi connectivity index (χ1) is 15.1. The predicted octanol–water partition coefficient (Wildman–Crippen LogP) is 5.43. The van der Waals surface area contributed by atoms with Crippen molar-refractivity contribution in [3.05, 3.63) is 82.5 Å². The second-order valence-electron chi connectivity index (χ2n) is 7.71. The molecule has 8 heteroatoms. The molecule has 0 aliphatic heterocycles. The highest BCUT2D eigenvalue weighted by Crippen LogP contribution is 2.30. The number of pyridine rings is 1. The molecule has 0 radical (unpaired) electrons. The zero-order chi connectivity index (χ0) is 23.0. The average Bonchev–Trinajstić information content (AvgIpc) is 3.18. The van der Waals surface area contributed by atoms with E-state index < -0.39 is 23.6 Å². The van der Waals surface area contributed by atoms with Crippen molar-refractivity contribution < 1.29 is 23.1 Å². The Bertz CT molecular complexity index is 1310. The van der Waals surface area contributed by atoms with Gasteiger partial charge >= 0.3 is 6.18 Å². The van der Waals surface area contributed by atoms with Crippen molar-refractivity contribution in [2.24, 2.45) is 0 Å². The molecule has 164 valence electrons. The van der Waals surface area contributed by atoms with Crippen LogP contribution in [0.5, 0.6) is 0 Å². The number of aliphatic hydroxyl groups is 1. The van der Waals surface area contributed by atoms with E-state index >= 15 is 0 Å². The first kappa shape index (κ1) is 21.7. The van der Waals surface area contributed by atoms with Crippen molar-refractivity contribution in [2.75, 3.05) is 0 Å². The van der Waals surface area contributed by atoms with E-state index in [1.165, 1.54) is 12.1 Å². The quantitative estimate of drug-likeness (QED) is 0.407. The molecule has 0 aliphatic carbocycles. The zero-order valence-electron chi connectivity index (χ0n) is 17.4. The van der Waals surface area contributed by atoms with Crippen molar-refractivity contribution in [1.82, 2.24) is 15.2 Å². The predicted molar refractivity (Wildman–Crippen MR) is 114 cm³/mol. The molecule has 5 nitrogen and oxygen atoms in total. The molecule has 2 aromatic carbocycles. The van der Waals surface area contributed by atoms with Gasteiger partial charge in [0, 0.05) is 22.9 Å². The van der Waals surface area contributed by atoms with Crippen LogP contribution in [0.4, 0.5) is 13.2 Å². The maximum absolute atomic E-state index is 13.0. The molecule has 0 saturated carbocycles. The van der Waals surface area contributed by atoms with Crippen LogP contribution in [0.1, 0.15) is 45.8 Å². The molecule has 1 atom stereocenters. The van der Waals surface area contributed by atoms with Gasteiger partial charge in [0.25, 0.3) is 0 Å². The number of hydrogen-bond donors (Lipinski definition) is 2. The number of carbonyl (C=O) groups excluding carboxylic acids is 1. The Morgan fingerprint density at radius 3 is 2.62 bits per heavy atom. The van der Waals surface area contributed by atoms with Gasteiger partial charge in [-0.05, 0) is 55.3 Å². The normalized spacial score (nSPS) is 12.8. The number of fused-ring (bicyclic) bond motifs is 1. The third kappa shape index (κ3) is 4.27. The molecule has 4 rings (SSSR count). The van der Waals surface area contributed by atoms with E-state index in [-0.39, 0.29) is 12.0 Å². The first-order valence-electron chi connectivity index (χ1n) is 9.97. The van der Waals surface area contributed by atoms with Crippen LogP contribution in [0.3, 0.4) is 0 Å². The Balaban J connectivity index is 1.63. The van der Waals surface area contributed by atoms with Crippen LogP contribution >= 0.6 is 0 Å². The van der Waals surface area contributed by atoms with E-state index in [2.05, 4.69) is 15.2 Å². The Kier molecular flexibility index (Phi) is 5.56. The molecule has 0 saturated heterocycles. The van der Waals surface area contributed by atoms with E-state index in [4.69, 9.17) is 0 Å². The first-order valence-corrected chi connectivity index (χ1v) is 9.97. The van der Waals surface area contributed by atoms with Crippen LogP contribution in [0, 0.1) is 6.92 Å². The van der Waals surface area contributed by atoms with Crippen molar-refractivity contribution >= 4 is 16.8 Å². The number of nitrogens with zero attached hydrogens (tertiary/aromatic N) is 2. The average molecular weight is 439 g/mol. The highest BCUT2D eigenvalue weighted by molar-refractivity contribution is 5.97. The fraction of sp³-hybridized carbons (Fsp3) is 0.208. The smallest absolute Gasteiger partial charge is 0.387 e. The van der Waals surface area contributed by atoms with Crippen molar-refractivity contribution in [1.29, 1.82) is 0 Å². The number of aryl methyl sites for hydroxylation is 1. The third-order valence-electron chi connectivity index (χ3n) is 5.32. The zero-order valence-corrected chi connectivity index (χ0v) is 17.4. The molecular weight excluding hydrogens is 419 g/mol. The topological polar surface area (TPSA) is 78.9 Å². The number of hydrogen-bond acceptors (Lipinski definition) is 4. The Morgan fingerprint density at radius 2 is 1.91 bits per heavy atom. The standard InChI is InChI=1S/C24H20F3N3O2/c1-13-6-7-15(11-21(32)16-4-3-5-17(12-16)24(25,26)27)10-19(13)20-9-8-18-22(14(2)31)29-30-23(18)28-20/h3-10,12,14,31H,11H2,1-2H3,(H,28,29,30)/t14-/m1/s1. The molecule has 0 spiro atoms. The lowest BCUT2D eigenvalue weighted by atomic mass is 9.96. The number of aromatic nitrogens is 3. The number of aliphatic hydroxyl groups excluding tert-OH is 1. The van der Waals surface area contributed by atoms with Gasteiger partial charge < -0.3 is 5.11 Å². The van der Waals surface area contributed by atoms with E-state index in [0.717, 1.165) is 28.6 Å². The molecule has 2 aromatic heterocycles. The minimum absolute atomic E-state index is 0.0173. The van der Waals surface area contributed by atoms with Crippen LogP contribution in [-0.2, 0) is 12.6 Å². The lowest BCUT2D eigenvalue weighted by Crippen LogP contribution is -2.09. The van der Waals surface area contributed by atoms with Crippen LogP contribution in [0.25, 0.3) is 22.3 Å². The van der Waals surface area contributed by atoms with E-state index in [1.807, 2.05) is 31.2 Å². The van der Waals surface area contributed by atoms with E-state index in [9.17, 15) is 23.1 Å². The number of nitrogens with one attached hydrogen (secondary N) is 1. The summed E-state index contributed by atoms with van der Waals surface area (Å²) in [5.74, 6) is -0.400. The summed E-state index contributed by atoms with van der Waals surface area (Å²) < 4.78 is 38.9. The number of halogens is 3. The summed E-state index contributed by atoms with van der Waals surface area (Å²) in [6, 6.07) is 13.5. The second-order valence-corrected chi connectivity index (χ2v) is 7.71. The molecule has 2 N–H and O–H groups in total. The maximum atomic E-state index is 13.0. The Morgan fingerprint density at radius 1 is 1.12 bits per heavy atom. The van der Waals surface area contributed by atoms with Gasteiger partial charge in [0.05, 0.1) is 23.1 Å². The number of H-pyrrole nitrogens is 1. The second kappa shape index (κ2) is 8.20. The lowest BCUT2D eigenvalue weighted by Gasteiger charge is -2.10. The van der Waals surface area contributed by atoms with Crippen LogP contribution in [0.15, 0.2) is 54.6 Å². The summed E-state index contributed by atoms with van der Waals surface area (Å²) in [6.45, 7) is 3.54. The third-order valence-corrected chi connectivity index (χ3v) is 5.32. The lowest BCUT2D eigenvalue weighted by molar-refractivity contribution is -0.137.